The maximum Gasteiger partial charge on any atom is 0.573 e. The fourth-order valence-electron chi connectivity index (χ4n) is 1.95. The van der Waals surface area contributed by atoms with E-state index in [0.717, 1.165) is 12.1 Å². The number of halogens is 3. The molecule has 0 atom stereocenters. The molecule has 142 valence electrons. The molecule has 0 radical (unpaired) electrons. The number of benzene rings is 2. The van der Waals surface area contributed by atoms with Crippen molar-refractivity contribution in [1.82, 2.24) is 0 Å². The number of hydrogen-bond acceptors (Lipinski definition) is 3. The minimum absolute atomic E-state index is 0.187. The van der Waals surface area contributed by atoms with Gasteiger partial charge in [0.2, 0.25) is 5.96 Å². The van der Waals surface area contributed by atoms with Crippen LogP contribution in [0.5, 0.6) is 5.75 Å². The number of guanidine groups is 2. The summed E-state index contributed by atoms with van der Waals surface area (Å²) >= 11 is 0. The highest BCUT2D eigenvalue weighted by Crippen LogP contribution is 2.24. The van der Waals surface area contributed by atoms with Crippen LogP contribution in [0.1, 0.15) is 10.4 Å². The number of ether oxygens (including phenoxy) is 1. The van der Waals surface area contributed by atoms with Gasteiger partial charge in [0.15, 0.2) is 5.96 Å². The third-order valence-corrected chi connectivity index (χ3v) is 2.94. The molecule has 1 amide bonds. The van der Waals surface area contributed by atoms with Gasteiger partial charge >= 0.3 is 6.36 Å². The first-order valence-electron chi connectivity index (χ1n) is 7.33. The average molecular weight is 380 g/mol. The van der Waals surface area contributed by atoms with Crippen LogP contribution in [-0.2, 0) is 0 Å². The van der Waals surface area contributed by atoms with E-state index in [2.05, 4.69) is 20.0 Å². The molecule has 2 rings (SSSR count). The van der Waals surface area contributed by atoms with E-state index >= 15 is 0 Å². The zero-order valence-corrected chi connectivity index (χ0v) is 13.7. The molecule has 2 aromatic rings. The SMILES string of the molecule is NC(N)=NC(N)=Nc1cccc(C(=O)Nc2ccc(OC(F)(F)F)cc2)c1. The van der Waals surface area contributed by atoms with Crippen molar-refractivity contribution in [2.45, 2.75) is 6.36 Å². The molecule has 0 heterocycles. The quantitative estimate of drug-likeness (QED) is 0.474. The Bertz CT molecular complexity index is 874. The molecule has 0 saturated carbocycles. The van der Waals surface area contributed by atoms with E-state index in [1.807, 2.05) is 0 Å². The van der Waals surface area contributed by atoms with Gasteiger partial charge in [-0.2, -0.15) is 4.99 Å². The Hall–Kier alpha value is -3.76. The van der Waals surface area contributed by atoms with Crippen molar-refractivity contribution in [3.63, 3.8) is 0 Å². The van der Waals surface area contributed by atoms with E-state index in [9.17, 15) is 18.0 Å². The topological polar surface area (TPSA) is 141 Å². The van der Waals surface area contributed by atoms with Gasteiger partial charge in [0, 0.05) is 11.3 Å². The molecule has 0 aliphatic rings. The second-order valence-electron chi connectivity index (χ2n) is 5.08. The fourth-order valence-corrected chi connectivity index (χ4v) is 1.95. The minimum Gasteiger partial charge on any atom is -0.406 e. The number of anilines is 1. The van der Waals surface area contributed by atoms with Gasteiger partial charge in [-0.05, 0) is 42.5 Å². The average Bonchev–Trinajstić information content (AvgIpc) is 2.54. The van der Waals surface area contributed by atoms with Crippen LogP contribution in [0, 0.1) is 0 Å². The number of amides is 1. The zero-order valence-electron chi connectivity index (χ0n) is 13.7. The highest BCUT2D eigenvalue weighted by Gasteiger charge is 2.30. The molecule has 0 fully saturated rings. The zero-order chi connectivity index (χ0) is 20.0. The molecule has 11 heteroatoms. The van der Waals surface area contributed by atoms with Gasteiger partial charge < -0.3 is 27.3 Å². The predicted octanol–water partition coefficient (Wildman–Crippen LogP) is 2.06. The number of aliphatic imine (C=N–C) groups is 2. The first kappa shape index (κ1) is 19.6. The highest BCUT2D eigenvalue weighted by molar-refractivity contribution is 6.05. The van der Waals surface area contributed by atoms with E-state index in [1.165, 1.54) is 24.3 Å². The van der Waals surface area contributed by atoms with Gasteiger partial charge in [-0.1, -0.05) is 6.07 Å². The number of hydrogen-bond donors (Lipinski definition) is 4. The molecule has 0 spiro atoms. The van der Waals surface area contributed by atoms with Crippen molar-refractivity contribution >= 4 is 29.2 Å². The molecule has 7 N–H and O–H groups in total. The largest absolute Gasteiger partial charge is 0.573 e. The van der Waals surface area contributed by atoms with Crippen LogP contribution in [0.25, 0.3) is 0 Å². The Kier molecular flexibility index (Phi) is 5.85. The minimum atomic E-state index is -4.79. The second-order valence-corrected chi connectivity index (χ2v) is 5.08. The number of carbonyl (C=O) groups excluding carboxylic acids is 1. The van der Waals surface area contributed by atoms with Crippen molar-refractivity contribution < 1.29 is 22.7 Å². The molecule has 2 aromatic carbocycles. The summed E-state index contributed by atoms with van der Waals surface area (Å²) in [6, 6.07) is 10.8. The maximum atomic E-state index is 12.3. The lowest BCUT2D eigenvalue weighted by Crippen LogP contribution is -2.26. The highest BCUT2D eigenvalue weighted by atomic mass is 19.4. The summed E-state index contributed by atoms with van der Waals surface area (Å²) < 4.78 is 40.2. The van der Waals surface area contributed by atoms with Crippen LogP contribution in [-0.4, -0.2) is 24.2 Å². The fraction of sp³-hybridized carbons (Fsp3) is 0.0625. The predicted molar refractivity (Wildman–Crippen MR) is 94.6 cm³/mol. The van der Waals surface area contributed by atoms with Crippen LogP contribution >= 0.6 is 0 Å². The monoisotopic (exact) mass is 380 g/mol. The van der Waals surface area contributed by atoms with Crippen LogP contribution in [0.4, 0.5) is 24.5 Å². The van der Waals surface area contributed by atoms with Crippen LogP contribution in [0.15, 0.2) is 58.5 Å². The van der Waals surface area contributed by atoms with E-state index in [1.54, 1.807) is 12.1 Å². The van der Waals surface area contributed by atoms with Crippen LogP contribution in [0.3, 0.4) is 0 Å². The van der Waals surface area contributed by atoms with Crippen LogP contribution < -0.4 is 27.3 Å². The van der Waals surface area contributed by atoms with E-state index < -0.39 is 18.0 Å². The number of nitrogens with two attached hydrogens (primary N) is 3. The number of carbonyl (C=O) groups is 1. The molecular weight excluding hydrogens is 365 g/mol. The number of rotatable bonds is 4. The summed E-state index contributed by atoms with van der Waals surface area (Å²) in [6.07, 6.45) is -4.79. The first-order valence-corrected chi connectivity index (χ1v) is 7.33. The van der Waals surface area contributed by atoms with Gasteiger partial charge in [0.1, 0.15) is 5.75 Å². The molecule has 0 unspecified atom stereocenters. The number of nitrogens with zero attached hydrogens (tertiary/aromatic N) is 2. The molecule has 0 aliphatic heterocycles. The third-order valence-electron chi connectivity index (χ3n) is 2.94. The Labute approximate surface area is 151 Å². The molecule has 0 saturated heterocycles. The molecule has 0 bridgehead atoms. The molecule has 0 aliphatic carbocycles. The molecule has 0 aromatic heterocycles. The summed E-state index contributed by atoms with van der Waals surface area (Å²) in [5.74, 6) is -1.35. The van der Waals surface area contributed by atoms with Crippen molar-refractivity contribution in [2.75, 3.05) is 5.32 Å². The smallest absolute Gasteiger partial charge is 0.406 e. The number of nitrogens with one attached hydrogen (secondary N) is 1. The normalized spacial score (nSPS) is 11.6. The molecule has 8 nitrogen and oxygen atoms in total. The Morgan fingerprint density at radius 2 is 1.70 bits per heavy atom. The first-order chi connectivity index (χ1) is 12.6. The lowest BCUT2D eigenvalue weighted by Gasteiger charge is -2.10. The molecular formula is C16H15F3N6O2. The Balaban J connectivity index is 2.10. The van der Waals surface area contributed by atoms with E-state index in [0.29, 0.717) is 5.69 Å². The van der Waals surface area contributed by atoms with Gasteiger partial charge in [-0.3, -0.25) is 4.79 Å². The van der Waals surface area contributed by atoms with Crippen molar-refractivity contribution in [1.29, 1.82) is 0 Å². The van der Waals surface area contributed by atoms with Gasteiger partial charge in [0.05, 0.1) is 5.69 Å². The second kappa shape index (κ2) is 8.08. The standard InChI is InChI=1S/C16H15F3N6O2/c17-16(18,19)27-12-6-4-10(5-7-12)23-13(26)9-2-1-3-11(8-9)24-15(22)25-14(20)21/h1-8H,(H,23,26)(H6,20,21,22,24,25). The summed E-state index contributed by atoms with van der Waals surface area (Å²) in [7, 11) is 0. The Morgan fingerprint density at radius 1 is 1.04 bits per heavy atom. The lowest BCUT2D eigenvalue weighted by atomic mass is 10.2. The summed E-state index contributed by atoms with van der Waals surface area (Å²) in [5.41, 5.74) is 16.8. The summed E-state index contributed by atoms with van der Waals surface area (Å²) in [5, 5.41) is 2.54. The summed E-state index contributed by atoms with van der Waals surface area (Å²) in [6.45, 7) is 0. The van der Waals surface area contributed by atoms with E-state index in [4.69, 9.17) is 17.2 Å². The number of alkyl halides is 3. The van der Waals surface area contributed by atoms with E-state index in [-0.39, 0.29) is 23.2 Å². The summed E-state index contributed by atoms with van der Waals surface area (Å²) in [4.78, 5) is 19.8. The van der Waals surface area contributed by atoms with Crippen LogP contribution in [0.2, 0.25) is 0 Å². The Morgan fingerprint density at radius 3 is 2.30 bits per heavy atom. The van der Waals surface area contributed by atoms with Gasteiger partial charge in [0.25, 0.3) is 5.91 Å². The van der Waals surface area contributed by atoms with Crippen molar-refractivity contribution in [3.05, 3.63) is 54.1 Å². The van der Waals surface area contributed by atoms with Crippen molar-refractivity contribution in [2.24, 2.45) is 27.2 Å². The maximum absolute atomic E-state index is 12.3. The lowest BCUT2D eigenvalue weighted by molar-refractivity contribution is -0.274. The molecule has 27 heavy (non-hydrogen) atoms. The third kappa shape index (κ3) is 6.57. The van der Waals surface area contributed by atoms with Crippen molar-refractivity contribution in [3.8, 4) is 5.75 Å². The van der Waals surface area contributed by atoms with Gasteiger partial charge in [-0.15, -0.1) is 13.2 Å². The van der Waals surface area contributed by atoms with Gasteiger partial charge in [-0.25, -0.2) is 4.99 Å².